The Morgan fingerprint density at radius 2 is 1.76 bits per heavy atom. The number of benzene rings is 1. The molecule has 1 aromatic rings. The quantitative estimate of drug-likeness (QED) is 0.402. The van der Waals surface area contributed by atoms with E-state index in [4.69, 9.17) is 23.7 Å². The molecule has 1 unspecified atom stereocenters. The molecule has 6 fully saturated rings. The number of ether oxygens (including phenoxy) is 5. The van der Waals surface area contributed by atoms with Gasteiger partial charge in [0.1, 0.15) is 29.5 Å². The van der Waals surface area contributed by atoms with E-state index in [9.17, 15) is 20.1 Å². The first-order chi connectivity index (χ1) is 19.6. The zero-order chi connectivity index (χ0) is 29.1. The van der Waals surface area contributed by atoms with Gasteiger partial charge in [0.2, 0.25) is 0 Å². The third-order valence-corrected chi connectivity index (χ3v) is 12.5. The zero-order valence-corrected chi connectivity index (χ0v) is 24.4. The van der Waals surface area contributed by atoms with E-state index in [1.54, 1.807) is 45.6 Å². The molecule has 10 heteroatoms. The zero-order valence-electron chi connectivity index (χ0n) is 24.4. The second-order valence-corrected chi connectivity index (χ2v) is 13.6. The molecule has 7 rings (SSSR count). The van der Waals surface area contributed by atoms with Gasteiger partial charge in [-0.3, -0.25) is 0 Å². The highest BCUT2D eigenvalue weighted by molar-refractivity contribution is 5.89. The van der Waals surface area contributed by atoms with Crippen molar-refractivity contribution in [3.05, 3.63) is 35.9 Å². The highest BCUT2D eigenvalue weighted by Gasteiger charge is 2.90. The lowest BCUT2D eigenvalue weighted by Gasteiger charge is -2.69. The lowest BCUT2D eigenvalue weighted by atomic mass is 9.43. The molecule has 3 N–H and O–H groups in total. The van der Waals surface area contributed by atoms with Crippen LogP contribution in [-0.2, 0) is 23.7 Å². The second kappa shape index (κ2) is 9.19. The fourth-order valence-electron chi connectivity index (χ4n) is 11.8. The van der Waals surface area contributed by atoms with E-state index in [1.165, 1.54) is 7.11 Å². The van der Waals surface area contributed by atoms with Crippen LogP contribution in [0.25, 0.3) is 0 Å². The molecule has 0 aromatic heterocycles. The predicted octanol–water partition coefficient (Wildman–Crippen LogP) is 0.716. The third kappa shape index (κ3) is 3.08. The van der Waals surface area contributed by atoms with Crippen LogP contribution in [0.15, 0.2) is 30.3 Å². The summed E-state index contributed by atoms with van der Waals surface area (Å²) in [6, 6.07) is 8.46. The summed E-state index contributed by atoms with van der Waals surface area (Å²) < 4.78 is 30.6. The smallest absolute Gasteiger partial charge is 0.338 e. The Hall–Kier alpha value is -1.63. The molecule has 5 aliphatic carbocycles. The number of esters is 1. The molecule has 1 heterocycles. The summed E-state index contributed by atoms with van der Waals surface area (Å²) in [6.07, 6.45) is -2.45. The molecule has 226 valence electrons. The lowest BCUT2D eigenvalue weighted by Crippen LogP contribution is -2.79. The van der Waals surface area contributed by atoms with Crippen LogP contribution in [0, 0.1) is 34.5 Å². The average Bonchev–Trinajstić information content (AvgIpc) is 3.36. The van der Waals surface area contributed by atoms with Crippen LogP contribution >= 0.6 is 0 Å². The summed E-state index contributed by atoms with van der Waals surface area (Å²) in [6.45, 7) is 1.29. The Morgan fingerprint density at radius 3 is 2.39 bits per heavy atom. The number of hydrogen-bond acceptors (Lipinski definition) is 10. The minimum Gasteiger partial charge on any atom is -0.455 e. The number of aliphatic hydroxyl groups is 3. The number of carbonyl (C=O) groups is 1. The van der Waals surface area contributed by atoms with Gasteiger partial charge in [0.05, 0.1) is 24.4 Å². The summed E-state index contributed by atoms with van der Waals surface area (Å²) in [4.78, 5) is 15.8. The van der Waals surface area contributed by atoms with Gasteiger partial charge < -0.3 is 43.9 Å². The Morgan fingerprint density at radius 1 is 1.02 bits per heavy atom. The molecule has 6 aliphatic rings. The largest absolute Gasteiger partial charge is 0.455 e. The maximum Gasteiger partial charge on any atom is 0.338 e. The minimum absolute atomic E-state index is 0.0644. The van der Waals surface area contributed by atoms with E-state index >= 15 is 0 Å². The molecule has 10 nitrogen and oxygen atoms in total. The van der Waals surface area contributed by atoms with Crippen molar-refractivity contribution < 1.29 is 43.8 Å². The Kier molecular flexibility index (Phi) is 6.31. The maximum atomic E-state index is 13.5. The molecule has 1 spiro atoms. The van der Waals surface area contributed by atoms with Crippen molar-refractivity contribution in [1.82, 2.24) is 4.90 Å². The summed E-state index contributed by atoms with van der Waals surface area (Å²) >= 11 is 0. The molecule has 1 aromatic carbocycles. The van der Waals surface area contributed by atoms with Crippen LogP contribution in [0.2, 0.25) is 0 Å². The van der Waals surface area contributed by atoms with Crippen LogP contribution in [0.4, 0.5) is 0 Å². The van der Waals surface area contributed by atoms with Gasteiger partial charge in [-0.1, -0.05) is 18.2 Å². The number of methoxy groups -OCH3 is 4. The molecule has 1 aliphatic heterocycles. The number of piperidine rings is 1. The number of rotatable bonds is 7. The Labute approximate surface area is 240 Å². The molecule has 0 amide bonds. The highest BCUT2D eigenvalue weighted by atomic mass is 16.6. The first kappa shape index (κ1) is 28.2. The fourth-order valence-corrected chi connectivity index (χ4v) is 11.8. The van der Waals surface area contributed by atoms with Gasteiger partial charge in [0, 0.05) is 69.6 Å². The fraction of sp³-hybridized carbons (Fsp3) is 0.774. The van der Waals surface area contributed by atoms with Crippen molar-refractivity contribution in [2.75, 3.05) is 48.6 Å². The highest BCUT2D eigenvalue weighted by Crippen LogP contribution is 2.80. The number of likely N-dealkylation sites (tertiary alicyclic amines) is 1. The molecule has 0 radical (unpaired) electrons. The van der Waals surface area contributed by atoms with E-state index in [0.29, 0.717) is 12.2 Å². The number of hydrogen-bond donors (Lipinski definition) is 3. The van der Waals surface area contributed by atoms with Crippen molar-refractivity contribution >= 4 is 5.97 Å². The Bertz CT molecular complexity index is 1200. The van der Waals surface area contributed by atoms with Crippen molar-refractivity contribution in [1.29, 1.82) is 0 Å². The van der Waals surface area contributed by atoms with E-state index < -0.39 is 58.8 Å². The van der Waals surface area contributed by atoms with Crippen molar-refractivity contribution in [2.24, 2.45) is 34.5 Å². The van der Waals surface area contributed by atoms with Crippen molar-refractivity contribution in [2.45, 2.75) is 67.0 Å². The van der Waals surface area contributed by atoms with Gasteiger partial charge in [-0.15, -0.1) is 0 Å². The summed E-state index contributed by atoms with van der Waals surface area (Å²) in [7, 11) is 8.65. The Balaban J connectivity index is 1.46. The van der Waals surface area contributed by atoms with Gasteiger partial charge in [0.15, 0.2) is 0 Å². The topological polar surface area (TPSA) is 127 Å². The number of nitrogens with zero attached hydrogens (tertiary/aromatic N) is 1. The van der Waals surface area contributed by atoms with Gasteiger partial charge in [-0.2, -0.15) is 0 Å². The van der Waals surface area contributed by atoms with Crippen LogP contribution in [0.1, 0.15) is 29.6 Å². The van der Waals surface area contributed by atoms with E-state index in [-0.39, 0.29) is 35.8 Å². The van der Waals surface area contributed by atoms with Gasteiger partial charge in [0.25, 0.3) is 0 Å². The van der Waals surface area contributed by atoms with Crippen molar-refractivity contribution in [3.8, 4) is 0 Å². The van der Waals surface area contributed by atoms with E-state index in [0.717, 1.165) is 19.4 Å². The van der Waals surface area contributed by atoms with Crippen LogP contribution in [0.5, 0.6) is 0 Å². The van der Waals surface area contributed by atoms with E-state index in [1.807, 2.05) is 6.07 Å². The molecule has 1 saturated heterocycles. The monoisotopic (exact) mass is 573 g/mol. The first-order valence-corrected chi connectivity index (χ1v) is 14.8. The van der Waals surface area contributed by atoms with Crippen LogP contribution < -0.4 is 0 Å². The minimum atomic E-state index is -1.76. The number of aliphatic hydroxyl groups excluding tert-OH is 1. The molecule has 7 bridgehead atoms. The van der Waals surface area contributed by atoms with Crippen LogP contribution in [0.3, 0.4) is 0 Å². The van der Waals surface area contributed by atoms with Crippen molar-refractivity contribution in [3.63, 3.8) is 0 Å². The first-order valence-electron chi connectivity index (χ1n) is 14.8. The van der Waals surface area contributed by atoms with E-state index in [2.05, 4.69) is 11.9 Å². The molecule has 14 atom stereocenters. The summed E-state index contributed by atoms with van der Waals surface area (Å²) in [5.41, 5.74) is -3.95. The third-order valence-electron chi connectivity index (χ3n) is 12.5. The molecule has 41 heavy (non-hydrogen) atoms. The van der Waals surface area contributed by atoms with Gasteiger partial charge >= 0.3 is 5.97 Å². The summed E-state index contributed by atoms with van der Waals surface area (Å²) in [5, 5.41) is 37.6. The standard InChI is InChI=1S/C31H43NO9/c1-32-14-28(15-37-2)12-11-18(38-3)30-17-13-29(35)25(41-27(34)16-9-7-6-8-10-16)19(17)31(36,24(33)26(29)40-5)20(23(30)32)21(39-4)22(28)30/h6-10,17-26,33,35-36H,11-15H2,1-5H3/t17-,18+,19-,20+,21+,22-,23?,24+,25-,26+,28+,29+,30+,31-/m1/s1. The average molecular weight is 574 g/mol. The molecular formula is C31H43NO9. The number of fused-ring (bicyclic) bond motifs is 2. The predicted molar refractivity (Wildman–Crippen MR) is 145 cm³/mol. The normalized spacial score (nSPS) is 52.9. The lowest BCUT2D eigenvalue weighted by molar-refractivity contribution is -0.313. The molecular weight excluding hydrogens is 530 g/mol. The van der Waals surface area contributed by atoms with Gasteiger partial charge in [-0.05, 0) is 44.4 Å². The maximum absolute atomic E-state index is 13.5. The molecule has 5 saturated carbocycles. The van der Waals surface area contributed by atoms with Gasteiger partial charge in [-0.25, -0.2) is 4.79 Å². The van der Waals surface area contributed by atoms with Crippen LogP contribution in [-0.4, -0.2) is 123 Å². The second-order valence-electron chi connectivity index (χ2n) is 13.6. The number of carbonyl (C=O) groups excluding carboxylic acids is 1. The SMILES string of the molecule is COC[C@@]12CC[C@H](OC)[C@]34C([C@H]([C@H](OC)[C@H]13)[C@]1(O)[C@H]3[C@@H](OC(=O)c5ccccc5)[C@@](O)(C[C@H]34)[C@@H](OC)[C@@H]1O)N(C)C2. The summed E-state index contributed by atoms with van der Waals surface area (Å²) in [5.74, 6) is -2.30.